The number of ether oxygens (including phenoxy) is 1. The third-order valence-corrected chi connectivity index (χ3v) is 4.99. The van der Waals surface area contributed by atoms with Crippen molar-refractivity contribution in [1.82, 2.24) is 9.13 Å². The number of aliphatic hydroxyl groups excluding tert-OH is 1. The lowest BCUT2D eigenvalue weighted by Gasteiger charge is -2.13. The van der Waals surface area contributed by atoms with Crippen LogP contribution in [0, 0.1) is 11.3 Å². The molecule has 1 heterocycles. The zero-order valence-electron chi connectivity index (χ0n) is 15.1. The molecule has 7 heteroatoms. The van der Waals surface area contributed by atoms with Crippen molar-refractivity contribution in [3.63, 3.8) is 0 Å². The molecule has 0 spiro atoms. The largest absolute Gasteiger partial charge is 0.495 e. The Hall–Kier alpha value is -2.75. The Balaban J connectivity index is 2.19. The van der Waals surface area contributed by atoms with Gasteiger partial charge in [0.2, 0.25) is 0 Å². The predicted molar refractivity (Wildman–Crippen MR) is 104 cm³/mol. The normalized spacial score (nSPS) is 12.1. The van der Waals surface area contributed by atoms with E-state index in [9.17, 15) is 15.2 Å². The number of nitrogens with zero attached hydrogens (tertiary/aromatic N) is 3. The highest BCUT2D eigenvalue weighted by atomic mass is 35.5. The molecule has 27 heavy (non-hydrogen) atoms. The van der Waals surface area contributed by atoms with Crippen molar-refractivity contribution in [2.24, 2.45) is 0 Å². The summed E-state index contributed by atoms with van der Waals surface area (Å²) in [6, 6.07) is 12.3. The van der Waals surface area contributed by atoms with E-state index in [4.69, 9.17) is 16.3 Å². The standard InChI is InChI=1S/C20H20ClN3O3/c1-3-15(12-25)24-17-6-4-13(10-22)9-18(17)23(20(24)26)11-14-5-7-19(27-2)16(21)8-14/h4-9,15,25H,3,11-12H2,1-2H3/t15-/m1/s1. The molecule has 2 aromatic carbocycles. The maximum atomic E-state index is 13.1. The summed E-state index contributed by atoms with van der Waals surface area (Å²) in [4.78, 5) is 13.1. The first-order valence-corrected chi connectivity index (χ1v) is 9.00. The second-order valence-corrected chi connectivity index (χ2v) is 6.67. The molecule has 3 aromatic rings. The molecule has 0 aliphatic carbocycles. The van der Waals surface area contributed by atoms with Gasteiger partial charge in [-0.25, -0.2) is 4.79 Å². The number of hydrogen-bond donors (Lipinski definition) is 1. The summed E-state index contributed by atoms with van der Waals surface area (Å²) in [6.07, 6.45) is 0.615. The summed E-state index contributed by atoms with van der Waals surface area (Å²) >= 11 is 6.21. The van der Waals surface area contributed by atoms with Crippen molar-refractivity contribution in [2.75, 3.05) is 13.7 Å². The van der Waals surface area contributed by atoms with E-state index >= 15 is 0 Å². The summed E-state index contributed by atoms with van der Waals surface area (Å²) < 4.78 is 8.37. The fourth-order valence-electron chi connectivity index (χ4n) is 3.24. The predicted octanol–water partition coefficient (Wildman–Crippen LogP) is 3.33. The molecule has 3 rings (SSSR count). The SMILES string of the molecule is CC[C@H](CO)n1c(=O)n(Cc2ccc(OC)c(Cl)c2)c2cc(C#N)ccc21. The second kappa shape index (κ2) is 7.87. The Kier molecular flexibility index (Phi) is 5.54. The van der Waals surface area contributed by atoms with Crippen LogP contribution in [0.25, 0.3) is 11.0 Å². The van der Waals surface area contributed by atoms with Gasteiger partial charge in [0.15, 0.2) is 0 Å². The number of hydrogen-bond acceptors (Lipinski definition) is 4. The average molecular weight is 386 g/mol. The Labute approximate surface area is 161 Å². The number of aliphatic hydroxyl groups is 1. The molecule has 0 fully saturated rings. The molecular weight excluding hydrogens is 366 g/mol. The highest BCUT2D eigenvalue weighted by Gasteiger charge is 2.19. The summed E-state index contributed by atoms with van der Waals surface area (Å²) in [7, 11) is 1.54. The first kappa shape index (κ1) is 19.0. The van der Waals surface area contributed by atoms with E-state index in [-0.39, 0.29) is 18.3 Å². The van der Waals surface area contributed by atoms with Crippen molar-refractivity contribution in [3.8, 4) is 11.8 Å². The lowest BCUT2D eigenvalue weighted by atomic mass is 10.2. The summed E-state index contributed by atoms with van der Waals surface area (Å²) in [5, 5.41) is 19.4. The van der Waals surface area contributed by atoms with E-state index < -0.39 is 0 Å². The van der Waals surface area contributed by atoms with Gasteiger partial charge in [-0.3, -0.25) is 9.13 Å². The molecule has 6 nitrogen and oxygen atoms in total. The van der Waals surface area contributed by atoms with Crippen LogP contribution in [0.2, 0.25) is 5.02 Å². The third kappa shape index (κ3) is 3.44. The van der Waals surface area contributed by atoms with Gasteiger partial charge in [-0.15, -0.1) is 0 Å². The minimum absolute atomic E-state index is 0.135. The number of nitriles is 1. The smallest absolute Gasteiger partial charge is 0.329 e. The van der Waals surface area contributed by atoms with Gasteiger partial charge in [0.25, 0.3) is 0 Å². The summed E-state index contributed by atoms with van der Waals surface area (Å²) in [5.41, 5.74) is 2.42. The summed E-state index contributed by atoms with van der Waals surface area (Å²) in [6.45, 7) is 2.08. The van der Waals surface area contributed by atoms with E-state index in [1.54, 1.807) is 46.6 Å². The van der Waals surface area contributed by atoms with Crippen molar-refractivity contribution in [2.45, 2.75) is 25.9 Å². The minimum Gasteiger partial charge on any atom is -0.495 e. The second-order valence-electron chi connectivity index (χ2n) is 6.27. The van der Waals surface area contributed by atoms with Crippen LogP contribution in [0.15, 0.2) is 41.2 Å². The number of halogens is 1. The quantitative estimate of drug-likeness (QED) is 0.705. The molecule has 0 saturated heterocycles. The van der Waals surface area contributed by atoms with Crippen LogP contribution >= 0.6 is 11.6 Å². The molecular formula is C20H20ClN3O3. The monoisotopic (exact) mass is 385 g/mol. The Bertz CT molecular complexity index is 1070. The van der Waals surface area contributed by atoms with Gasteiger partial charge in [-0.1, -0.05) is 24.6 Å². The average Bonchev–Trinajstić information content (AvgIpc) is 2.95. The highest BCUT2D eigenvalue weighted by molar-refractivity contribution is 6.32. The van der Waals surface area contributed by atoms with Crippen molar-refractivity contribution < 1.29 is 9.84 Å². The van der Waals surface area contributed by atoms with Crippen molar-refractivity contribution in [3.05, 3.63) is 63.0 Å². The van der Waals surface area contributed by atoms with E-state index in [0.29, 0.717) is 40.3 Å². The minimum atomic E-state index is -0.325. The van der Waals surface area contributed by atoms with E-state index in [1.807, 2.05) is 13.0 Å². The van der Waals surface area contributed by atoms with Gasteiger partial charge < -0.3 is 9.84 Å². The molecule has 0 bridgehead atoms. The molecule has 0 radical (unpaired) electrons. The van der Waals surface area contributed by atoms with Crippen molar-refractivity contribution in [1.29, 1.82) is 5.26 Å². The number of rotatable bonds is 6. The fourth-order valence-corrected chi connectivity index (χ4v) is 3.52. The third-order valence-electron chi connectivity index (χ3n) is 4.70. The molecule has 1 aromatic heterocycles. The van der Waals surface area contributed by atoms with Gasteiger partial charge in [-0.2, -0.15) is 5.26 Å². The molecule has 0 aliphatic rings. The highest BCUT2D eigenvalue weighted by Crippen LogP contribution is 2.26. The van der Waals surface area contributed by atoms with Crippen LogP contribution in [-0.2, 0) is 6.54 Å². The van der Waals surface area contributed by atoms with Crippen molar-refractivity contribution >= 4 is 22.6 Å². The van der Waals surface area contributed by atoms with Crippen LogP contribution in [0.5, 0.6) is 5.75 Å². The zero-order chi connectivity index (χ0) is 19.6. The van der Waals surface area contributed by atoms with Gasteiger partial charge in [-0.05, 0) is 42.3 Å². The van der Waals surface area contributed by atoms with Crippen LogP contribution in [0.3, 0.4) is 0 Å². The molecule has 0 saturated carbocycles. The molecule has 0 amide bonds. The van der Waals surface area contributed by atoms with E-state index in [1.165, 1.54) is 0 Å². The first-order valence-electron chi connectivity index (χ1n) is 8.62. The van der Waals surface area contributed by atoms with Gasteiger partial charge in [0.1, 0.15) is 5.75 Å². The molecule has 0 unspecified atom stereocenters. The number of benzene rings is 2. The van der Waals surface area contributed by atoms with Crippen LogP contribution in [-0.4, -0.2) is 28.0 Å². The first-order chi connectivity index (χ1) is 13.0. The lowest BCUT2D eigenvalue weighted by molar-refractivity contribution is 0.224. The zero-order valence-corrected chi connectivity index (χ0v) is 15.9. The maximum Gasteiger partial charge on any atom is 0.329 e. The topological polar surface area (TPSA) is 80.2 Å². The lowest BCUT2D eigenvalue weighted by Crippen LogP contribution is -2.29. The number of fused-ring (bicyclic) bond motifs is 1. The number of imidazole rings is 1. The molecule has 140 valence electrons. The van der Waals surface area contributed by atoms with E-state index in [0.717, 1.165) is 5.56 Å². The Morgan fingerprint density at radius 2 is 2.04 bits per heavy atom. The van der Waals surface area contributed by atoms with E-state index in [2.05, 4.69) is 6.07 Å². The van der Waals surface area contributed by atoms with Crippen LogP contribution in [0.4, 0.5) is 0 Å². The molecule has 1 N–H and O–H groups in total. The number of methoxy groups -OCH3 is 1. The molecule has 0 aliphatic heterocycles. The van der Waals surface area contributed by atoms with Gasteiger partial charge in [0.05, 0.1) is 54.0 Å². The van der Waals surface area contributed by atoms with Gasteiger partial charge in [0, 0.05) is 0 Å². The number of aromatic nitrogens is 2. The fraction of sp³-hybridized carbons (Fsp3) is 0.300. The van der Waals surface area contributed by atoms with Crippen LogP contribution < -0.4 is 10.4 Å². The Morgan fingerprint density at radius 1 is 1.26 bits per heavy atom. The van der Waals surface area contributed by atoms with Crippen LogP contribution in [0.1, 0.15) is 30.5 Å². The summed E-state index contributed by atoms with van der Waals surface area (Å²) in [5.74, 6) is 0.563. The molecule has 1 atom stereocenters. The Morgan fingerprint density at radius 3 is 2.63 bits per heavy atom. The van der Waals surface area contributed by atoms with Gasteiger partial charge >= 0.3 is 5.69 Å². The maximum absolute atomic E-state index is 13.1.